The van der Waals surface area contributed by atoms with Gasteiger partial charge in [0.2, 0.25) is 5.89 Å². The van der Waals surface area contributed by atoms with Crippen molar-refractivity contribution in [3.8, 4) is 10.4 Å². The van der Waals surface area contributed by atoms with E-state index in [4.69, 9.17) is 9.51 Å². The van der Waals surface area contributed by atoms with Gasteiger partial charge in [-0.3, -0.25) is 9.36 Å². The van der Waals surface area contributed by atoms with Crippen molar-refractivity contribution in [2.24, 2.45) is 0 Å². The van der Waals surface area contributed by atoms with Gasteiger partial charge >= 0.3 is 0 Å². The molecule has 0 aliphatic rings. The smallest absolute Gasteiger partial charge is 0.263 e. The van der Waals surface area contributed by atoms with Gasteiger partial charge in [-0.1, -0.05) is 42.4 Å². The summed E-state index contributed by atoms with van der Waals surface area (Å²) in [5, 5.41) is 9.35. The number of thiophene rings is 2. The molecule has 0 radical (unpaired) electrons. The zero-order chi connectivity index (χ0) is 20.2. The molecule has 0 aliphatic carbocycles. The third-order valence-electron chi connectivity index (χ3n) is 4.35. The molecule has 4 aromatic heterocycles. The van der Waals surface area contributed by atoms with Crippen molar-refractivity contribution < 1.29 is 4.52 Å². The van der Waals surface area contributed by atoms with Crippen LogP contribution in [0.2, 0.25) is 0 Å². The maximum absolute atomic E-state index is 13.3. The minimum absolute atomic E-state index is 0.0452. The van der Waals surface area contributed by atoms with Crippen LogP contribution in [-0.2, 0) is 18.7 Å². The van der Waals surface area contributed by atoms with E-state index in [9.17, 15) is 4.79 Å². The molecule has 150 valence electrons. The third-order valence-corrected chi connectivity index (χ3v) is 7.08. The van der Waals surface area contributed by atoms with Gasteiger partial charge in [0.1, 0.15) is 4.83 Å². The molecule has 0 aromatic carbocycles. The summed E-state index contributed by atoms with van der Waals surface area (Å²) < 4.78 is 7.01. The molecule has 29 heavy (non-hydrogen) atoms. The topological polar surface area (TPSA) is 73.8 Å². The van der Waals surface area contributed by atoms with E-state index in [1.807, 2.05) is 22.9 Å². The molecule has 4 aromatic rings. The lowest BCUT2D eigenvalue weighted by Crippen LogP contribution is -2.22. The Morgan fingerprint density at radius 2 is 2.24 bits per heavy atom. The molecule has 4 rings (SSSR count). The molecule has 0 saturated carbocycles. The Bertz CT molecular complexity index is 1170. The number of thioether (sulfide) groups is 1. The largest absolute Gasteiger partial charge is 0.338 e. The first-order valence-corrected chi connectivity index (χ1v) is 12.1. The lowest BCUT2D eigenvalue weighted by atomic mass is 10.2. The Morgan fingerprint density at radius 1 is 1.34 bits per heavy atom. The highest BCUT2D eigenvalue weighted by molar-refractivity contribution is 7.98. The average molecular weight is 445 g/mol. The van der Waals surface area contributed by atoms with Crippen LogP contribution in [0.4, 0.5) is 0 Å². The number of unbranched alkanes of at least 4 members (excludes halogenated alkanes) is 1. The van der Waals surface area contributed by atoms with Gasteiger partial charge in [0.15, 0.2) is 11.0 Å². The number of allylic oxidation sites excluding steroid dienone is 1. The second-order valence-electron chi connectivity index (χ2n) is 6.40. The van der Waals surface area contributed by atoms with Gasteiger partial charge in [0.25, 0.3) is 5.56 Å². The first kappa shape index (κ1) is 20.1. The van der Waals surface area contributed by atoms with Gasteiger partial charge in [-0.05, 0) is 17.9 Å². The number of rotatable bonds is 9. The molecule has 0 unspecified atom stereocenters. The number of hydrogen-bond acceptors (Lipinski definition) is 8. The van der Waals surface area contributed by atoms with Crippen LogP contribution in [0.5, 0.6) is 0 Å². The fraction of sp³-hybridized carbons (Fsp3) is 0.300. The molecule has 0 aliphatic heterocycles. The number of hydrogen-bond donors (Lipinski definition) is 0. The summed E-state index contributed by atoms with van der Waals surface area (Å²) in [4.78, 5) is 24.3. The Labute approximate surface area is 180 Å². The SMILES string of the molecule is C=CCn1c(SCc2nc(CCCC)no2)nc2scc(-c3cccs3)c2c1=O. The summed E-state index contributed by atoms with van der Waals surface area (Å²) in [6.45, 7) is 6.32. The number of fused-ring (bicyclic) bond motifs is 1. The Morgan fingerprint density at radius 3 is 3.00 bits per heavy atom. The predicted molar refractivity (Wildman–Crippen MR) is 120 cm³/mol. The van der Waals surface area contributed by atoms with Gasteiger partial charge in [0.05, 0.1) is 11.1 Å². The van der Waals surface area contributed by atoms with Gasteiger partial charge in [0, 0.05) is 28.8 Å². The monoisotopic (exact) mass is 444 g/mol. The highest BCUT2D eigenvalue weighted by Crippen LogP contribution is 2.34. The van der Waals surface area contributed by atoms with Gasteiger partial charge in [-0.2, -0.15) is 4.98 Å². The maximum Gasteiger partial charge on any atom is 0.263 e. The maximum atomic E-state index is 13.3. The molecular formula is C20H20N4O2S3. The van der Waals surface area contributed by atoms with Crippen molar-refractivity contribution in [1.29, 1.82) is 0 Å². The summed E-state index contributed by atoms with van der Waals surface area (Å²) in [7, 11) is 0. The fourth-order valence-corrected chi connectivity index (χ4v) is 5.58. The molecule has 0 atom stereocenters. The van der Waals surface area contributed by atoms with Crippen LogP contribution in [0.15, 0.2) is 50.0 Å². The lowest BCUT2D eigenvalue weighted by molar-refractivity contribution is 0.384. The zero-order valence-electron chi connectivity index (χ0n) is 16.0. The summed E-state index contributed by atoms with van der Waals surface area (Å²) in [6.07, 6.45) is 4.65. The van der Waals surface area contributed by atoms with Crippen LogP contribution in [0.3, 0.4) is 0 Å². The molecular weight excluding hydrogens is 424 g/mol. The van der Waals surface area contributed by atoms with Crippen molar-refractivity contribution in [1.82, 2.24) is 19.7 Å². The van der Waals surface area contributed by atoms with Crippen LogP contribution in [0, 0.1) is 0 Å². The summed E-state index contributed by atoms with van der Waals surface area (Å²) in [6, 6.07) is 4.01. The molecule has 0 fully saturated rings. The van der Waals surface area contributed by atoms with Crippen LogP contribution in [0.1, 0.15) is 31.5 Å². The highest BCUT2D eigenvalue weighted by atomic mass is 32.2. The van der Waals surface area contributed by atoms with Gasteiger partial charge in [-0.25, -0.2) is 4.98 Å². The molecule has 4 heterocycles. The Balaban J connectivity index is 1.65. The molecule has 0 saturated heterocycles. The first-order valence-electron chi connectivity index (χ1n) is 9.32. The lowest BCUT2D eigenvalue weighted by Gasteiger charge is -2.09. The van der Waals surface area contributed by atoms with Crippen molar-refractivity contribution in [3.05, 3.63) is 57.6 Å². The quantitative estimate of drug-likeness (QED) is 0.196. The zero-order valence-corrected chi connectivity index (χ0v) is 18.4. The second-order valence-corrected chi connectivity index (χ2v) is 9.15. The average Bonchev–Trinajstić information content (AvgIpc) is 3.47. The van der Waals surface area contributed by atoms with Gasteiger partial charge < -0.3 is 4.52 Å². The van der Waals surface area contributed by atoms with E-state index < -0.39 is 0 Å². The first-order chi connectivity index (χ1) is 14.2. The van der Waals surface area contributed by atoms with Crippen LogP contribution < -0.4 is 5.56 Å². The van der Waals surface area contributed by atoms with E-state index in [0.717, 1.165) is 40.4 Å². The van der Waals surface area contributed by atoms with E-state index in [2.05, 4.69) is 23.6 Å². The van der Waals surface area contributed by atoms with Crippen LogP contribution in [0.25, 0.3) is 20.7 Å². The fourth-order valence-electron chi connectivity index (χ4n) is 2.93. The van der Waals surface area contributed by atoms with Crippen molar-refractivity contribution >= 4 is 44.7 Å². The molecule has 0 spiro atoms. The Hall–Kier alpha value is -2.23. The van der Waals surface area contributed by atoms with Gasteiger partial charge in [-0.15, -0.1) is 29.3 Å². The van der Waals surface area contributed by atoms with E-state index in [0.29, 0.717) is 28.7 Å². The van der Waals surface area contributed by atoms with E-state index in [-0.39, 0.29) is 5.56 Å². The number of aryl methyl sites for hydroxylation is 1. The molecule has 0 amide bonds. The third kappa shape index (κ3) is 4.22. The van der Waals surface area contributed by atoms with Crippen LogP contribution >= 0.6 is 34.4 Å². The molecule has 0 bridgehead atoms. The number of aromatic nitrogens is 4. The van der Waals surface area contributed by atoms with E-state index in [1.165, 1.54) is 23.1 Å². The number of nitrogens with zero attached hydrogens (tertiary/aromatic N) is 4. The van der Waals surface area contributed by atoms with E-state index in [1.54, 1.807) is 22.0 Å². The normalized spacial score (nSPS) is 11.3. The minimum atomic E-state index is -0.0452. The summed E-state index contributed by atoms with van der Waals surface area (Å²) in [5.74, 6) is 1.75. The second kappa shape index (κ2) is 9.06. The van der Waals surface area contributed by atoms with E-state index >= 15 is 0 Å². The van der Waals surface area contributed by atoms with Crippen molar-refractivity contribution in [3.63, 3.8) is 0 Å². The Kier molecular flexibility index (Phi) is 6.27. The predicted octanol–water partition coefficient (Wildman–Crippen LogP) is 5.39. The molecule has 0 N–H and O–H groups in total. The van der Waals surface area contributed by atoms with Crippen molar-refractivity contribution in [2.75, 3.05) is 0 Å². The molecule has 6 nitrogen and oxygen atoms in total. The summed E-state index contributed by atoms with van der Waals surface area (Å²) in [5.41, 5.74) is 0.903. The minimum Gasteiger partial charge on any atom is -0.338 e. The molecule has 9 heteroatoms. The highest BCUT2D eigenvalue weighted by Gasteiger charge is 2.18. The van der Waals surface area contributed by atoms with Crippen molar-refractivity contribution in [2.45, 2.75) is 43.6 Å². The standard InChI is InChI=1S/C20H20N4O2S3/c1-3-5-8-15-21-16(26-23-15)12-29-20-22-18-17(19(25)24(20)9-4-2)13(11-28-18)14-7-6-10-27-14/h4,6-7,10-11H,2-3,5,8-9,12H2,1H3. The van der Waals surface area contributed by atoms with Crippen LogP contribution in [-0.4, -0.2) is 19.7 Å². The summed E-state index contributed by atoms with van der Waals surface area (Å²) >= 11 is 4.54.